The van der Waals surface area contributed by atoms with Gasteiger partial charge in [-0.25, -0.2) is 4.39 Å². The van der Waals surface area contributed by atoms with Gasteiger partial charge >= 0.3 is 0 Å². The summed E-state index contributed by atoms with van der Waals surface area (Å²) in [5.41, 5.74) is 4.33. The van der Waals surface area contributed by atoms with Gasteiger partial charge in [0.2, 0.25) is 0 Å². The summed E-state index contributed by atoms with van der Waals surface area (Å²) in [7, 11) is 1.90. The summed E-state index contributed by atoms with van der Waals surface area (Å²) in [5, 5.41) is 3.84. The molecule has 1 nitrogen and oxygen atoms in total. The fourth-order valence-electron chi connectivity index (χ4n) is 2.44. The Kier molecular flexibility index (Phi) is 4.79. The molecule has 1 unspecified atom stereocenters. The van der Waals surface area contributed by atoms with Gasteiger partial charge in [-0.2, -0.15) is 0 Å². The first-order valence-corrected chi connectivity index (χ1v) is 7.08. The molecule has 106 valence electrons. The highest BCUT2D eigenvalue weighted by molar-refractivity contribution is 6.30. The van der Waals surface area contributed by atoms with Crippen LogP contribution in [0.3, 0.4) is 0 Å². The number of halogens is 2. The number of hydrogen-bond donors (Lipinski definition) is 1. The topological polar surface area (TPSA) is 12.0 Å². The van der Waals surface area contributed by atoms with E-state index in [1.165, 1.54) is 22.8 Å². The third-order valence-electron chi connectivity index (χ3n) is 3.80. The molecule has 0 heterocycles. The largest absolute Gasteiger partial charge is 0.313 e. The Bertz CT molecular complexity index is 610. The van der Waals surface area contributed by atoms with Crippen molar-refractivity contribution in [2.45, 2.75) is 26.3 Å². The molecule has 20 heavy (non-hydrogen) atoms. The highest BCUT2D eigenvalue weighted by Crippen LogP contribution is 2.25. The van der Waals surface area contributed by atoms with Crippen LogP contribution >= 0.6 is 11.6 Å². The van der Waals surface area contributed by atoms with E-state index < -0.39 is 0 Å². The summed E-state index contributed by atoms with van der Waals surface area (Å²) in [6, 6.07) is 11.0. The molecule has 0 amide bonds. The van der Waals surface area contributed by atoms with Crippen molar-refractivity contribution < 1.29 is 4.39 Å². The zero-order valence-corrected chi connectivity index (χ0v) is 12.8. The lowest BCUT2D eigenvalue weighted by Gasteiger charge is -2.20. The van der Waals surface area contributed by atoms with Crippen LogP contribution in [0.15, 0.2) is 36.4 Å². The third kappa shape index (κ3) is 3.20. The molecule has 0 saturated carbocycles. The Labute approximate surface area is 124 Å². The first kappa shape index (κ1) is 15.0. The van der Waals surface area contributed by atoms with Gasteiger partial charge in [-0.3, -0.25) is 0 Å². The molecule has 0 fully saturated rings. The van der Waals surface area contributed by atoms with Gasteiger partial charge in [0.25, 0.3) is 0 Å². The van der Waals surface area contributed by atoms with Crippen LogP contribution in [0.5, 0.6) is 0 Å². The molecular formula is C17H19ClFN. The average Bonchev–Trinajstić information content (AvgIpc) is 2.43. The van der Waals surface area contributed by atoms with E-state index in [2.05, 4.69) is 31.3 Å². The molecule has 2 rings (SSSR count). The molecule has 0 bridgehead atoms. The molecule has 0 radical (unpaired) electrons. The van der Waals surface area contributed by atoms with Crippen molar-refractivity contribution >= 4 is 11.6 Å². The van der Waals surface area contributed by atoms with E-state index in [0.717, 1.165) is 0 Å². The standard InChI is InChI=1S/C17H19ClFN/c1-11-5-4-6-15(12(11)2)17(20-3)10-13-9-14(18)7-8-16(13)19/h4-9,17,20H,10H2,1-3H3. The number of hydrogen-bond acceptors (Lipinski definition) is 1. The van der Waals surface area contributed by atoms with Crippen molar-refractivity contribution in [1.29, 1.82) is 0 Å². The van der Waals surface area contributed by atoms with E-state index in [1.54, 1.807) is 12.1 Å². The van der Waals surface area contributed by atoms with Gasteiger partial charge in [-0.1, -0.05) is 29.8 Å². The lowest BCUT2D eigenvalue weighted by molar-refractivity contribution is 0.552. The van der Waals surface area contributed by atoms with Gasteiger partial charge in [0.15, 0.2) is 0 Å². The molecular weight excluding hydrogens is 273 g/mol. The summed E-state index contributed by atoms with van der Waals surface area (Å²) >= 11 is 5.96. The van der Waals surface area contributed by atoms with Crippen molar-refractivity contribution in [3.8, 4) is 0 Å². The van der Waals surface area contributed by atoms with Crippen LogP contribution in [-0.4, -0.2) is 7.05 Å². The van der Waals surface area contributed by atoms with Gasteiger partial charge in [-0.05, 0) is 67.8 Å². The third-order valence-corrected chi connectivity index (χ3v) is 4.04. The Morgan fingerprint density at radius 1 is 1.20 bits per heavy atom. The van der Waals surface area contributed by atoms with Crippen LogP contribution < -0.4 is 5.32 Å². The van der Waals surface area contributed by atoms with E-state index >= 15 is 0 Å². The van der Waals surface area contributed by atoms with Crippen LogP contribution in [0.4, 0.5) is 4.39 Å². The predicted molar refractivity (Wildman–Crippen MR) is 82.8 cm³/mol. The van der Waals surface area contributed by atoms with Crippen LogP contribution in [0.2, 0.25) is 5.02 Å². The molecule has 2 aromatic carbocycles. The monoisotopic (exact) mass is 291 g/mol. The second-order valence-corrected chi connectivity index (χ2v) is 5.51. The fraction of sp³-hybridized carbons (Fsp3) is 0.294. The zero-order chi connectivity index (χ0) is 14.7. The average molecular weight is 292 g/mol. The highest BCUT2D eigenvalue weighted by atomic mass is 35.5. The smallest absolute Gasteiger partial charge is 0.126 e. The van der Waals surface area contributed by atoms with Gasteiger partial charge in [-0.15, -0.1) is 0 Å². The summed E-state index contributed by atoms with van der Waals surface area (Å²) in [6.07, 6.45) is 0.577. The van der Waals surface area contributed by atoms with Gasteiger partial charge in [0, 0.05) is 11.1 Å². The summed E-state index contributed by atoms with van der Waals surface area (Å²) < 4.78 is 13.9. The number of benzene rings is 2. The van der Waals surface area contributed by atoms with Crippen LogP contribution in [-0.2, 0) is 6.42 Å². The van der Waals surface area contributed by atoms with E-state index in [-0.39, 0.29) is 11.9 Å². The van der Waals surface area contributed by atoms with Crippen molar-refractivity contribution in [2.24, 2.45) is 0 Å². The number of rotatable bonds is 4. The highest BCUT2D eigenvalue weighted by Gasteiger charge is 2.15. The minimum absolute atomic E-state index is 0.0721. The molecule has 1 N–H and O–H groups in total. The Morgan fingerprint density at radius 3 is 2.65 bits per heavy atom. The molecule has 0 spiro atoms. The lowest BCUT2D eigenvalue weighted by Crippen LogP contribution is -2.20. The maximum atomic E-state index is 13.9. The minimum Gasteiger partial charge on any atom is -0.313 e. The molecule has 1 atom stereocenters. The Morgan fingerprint density at radius 2 is 1.95 bits per heavy atom. The van der Waals surface area contributed by atoms with Crippen molar-refractivity contribution in [3.63, 3.8) is 0 Å². The summed E-state index contributed by atoms with van der Waals surface area (Å²) in [5.74, 6) is -0.208. The van der Waals surface area contributed by atoms with Gasteiger partial charge in [0.05, 0.1) is 0 Å². The second-order valence-electron chi connectivity index (χ2n) is 5.07. The Balaban J connectivity index is 2.34. The fourth-order valence-corrected chi connectivity index (χ4v) is 2.63. The molecule has 3 heteroatoms. The molecule has 2 aromatic rings. The first-order chi connectivity index (χ1) is 9.52. The SMILES string of the molecule is CNC(Cc1cc(Cl)ccc1F)c1cccc(C)c1C. The quantitative estimate of drug-likeness (QED) is 0.868. The minimum atomic E-state index is -0.208. The Hall–Kier alpha value is -1.38. The van der Waals surface area contributed by atoms with Crippen LogP contribution in [0, 0.1) is 19.7 Å². The number of likely N-dealkylation sites (N-methyl/N-ethyl adjacent to an activating group) is 1. The van der Waals surface area contributed by atoms with Crippen molar-refractivity contribution in [2.75, 3.05) is 7.05 Å². The molecule has 0 aromatic heterocycles. The molecule has 0 aliphatic rings. The van der Waals surface area contributed by atoms with E-state index in [0.29, 0.717) is 17.0 Å². The van der Waals surface area contributed by atoms with E-state index in [1.807, 2.05) is 13.1 Å². The van der Waals surface area contributed by atoms with Crippen molar-refractivity contribution in [1.82, 2.24) is 5.32 Å². The molecule has 0 aliphatic carbocycles. The number of nitrogens with one attached hydrogen (secondary N) is 1. The number of aryl methyl sites for hydroxylation is 1. The summed E-state index contributed by atoms with van der Waals surface area (Å²) in [6.45, 7) is 4.19. The first-order valence-electron chi connectivity index (χ1n) is 6.70. The molecule has 0 saturated heterocycles. The van der Waals surface area contributed by atoms with Crippen molar-refractivity contribution in [3.05, 3.63) is 69.5 Å². The van der Waals surface area contributed by atoms with Crippen LogP contribution in [0.1, 0.15) is 28.3 Å². The van der Waals surface area contributed by atoms with Crippen LogP contribution in [0.25, 0.3) is 0 Å². The zero-order valence-electron chi connectivity index (χ0n) is 12.0. The van der Waals surface area contributed by atoms with Gasteiger partial charge < -0.3 is 5.32 Å². The predicted octanol–water partition coefficient (Wildman–Crippen LogP) is 4.60. The van der Waals surface area contributed by atoms with E-state index in [9.17, 15) is 4.39 Å². The van der Waals surface area contributed by atoms with E-state index in [4.69, 9.17) is 11.6 Å². The molecule has 0 aliphatic heterocycles. The lowest BCUT2D eigenvalue weighted by atomic mass is 9.93. The van der Waals surface area contributed by atoms with Gasteiger partial charge in [0.1, 0.15) is 5.82 Å². The summed E-state index contributed by atoms with van der Waals surface area (Å²) in [4.78, 5) is 0. The maximum absolute atomic E-state index is 13.9. The second kappa shape index (κ2) is 6.38. The normalized spacial score (nSPS) is 12.4. The maximum Gasteiger partial charge on any atom is 0.126 e.